The first kappa shape index (κ1) is 18.3. The van der Waals surface area contributed by atoms with Crippen LogP contribution in [0.3, 0.4) is 0 Å². The normalized spacial score (nSPS) is 31.8. The molecule has 2 aliphatic heterocycles. The summed E-state index contributed by atoms with van der Waals surface area (Å²) in [5.41, 5.74) is 0.393. The molecule has 152 valence electrons. The van der Waals surface area contributed by atoms with Crippen LogP contribution < -0.4 is 10.1 Å². The monoisotopic (exact) mass is 383 g/mol. The Morgan fingerprint density at radius 2 is 2.00 bits per heavy atom. The molecule has 2 saturated heterocycles. The molecule has 1 aromatic carbocycles. The number of ether oxygens (including phenoxy) is 2. The summed E-state index contributed by atoms with van der Waals surface area (Å²) in [6.07, 6.45) is 8.09. The van der Waals surface area contributed by atoms with Crippen molar-refractivity contribution < 1.29 is 9.47 Å². The average molecular weight is 384 g/mol. The minimum atomic E-state index is 0.302. The highest BCUT2D eigenvalue weighted by atomic mass is 16.5. The molecule has 1 spiro atoms. The Morgan fingerprint density at radius 3 is 2.68 bits per heavy atom. The van der Waals surface area contributed by atoms with Gasteiger partial charge in [0.25, 0.3) is 0 Å². The molecular weight excluding hydrogens is 350 g/mol. The molecule has 2 heterocycles. The fraction of sp³-hybridized carbons (Fsp3) is 0.696. The Labute approximate surface area is 168 Å². The Balaban J connectivity index is 1.20. The van der Waals surface area contributed by atoms with E-state index in [0.717, 1.165) is 50.8 Å². The van der Waals surface area contributed by atoms with Gasteiger partial charge >= 0.3 is 0 Å². The third-order valence-electron chi connectivity index (χ3n) is 7.42. The summed E-state index contributed by atoms with van der Waals surface area (Å²) < 4.78 is 12.3. The van der Waals surface area contributed by atoms with Gasteiger partial charge in [-0.2, -0.15) is 0 Å². The lowest BCUT2D eigenvalue weighted by atomic mass is 9.46. The van der Waals surface area contributed by atoms with Crippen LogP contribution in [0.5, 0.6) is 5.75 Å². The van der Waals surface area contributed by atoms with E-state index < -0.39 is 0 Å². The molecule has 5 nitrogen and oxygen atoms in total. The first-order valence-electron chi connectivity index (χ1n) is 11.2. The molecule has 3 unspecified atom stereocenters. The van der Waals surface area contributed by atoms with Crippen LogP contribution in [0.25, 0.3) is 0 Å². The zero-order valence-electron chi connectivity index (χ0n) is 17.0. The summed E-state index contributed by atoms with van der Waals surface area (Å²) in [7, 11) is 0. The van der Waals surface area contributed by atoms with Crippen LogP contribution in [0.4, 0.5) is 0 Å². The molecule has 3 atom stereocenters. The van der Waals surface area contributed by atoms with Crippen molar-refractivity contribution in [2.45, 2.75) is 63.7 Å². The highest BCUT2D eigenvalue weighted by molar-refractivity contribution is 5.81. The van der Waals surface area contributed by atoms with Crippen molar-refractivity contribution in [3.05, 3.63) is 30.3 Å². The summed E-state index contributed by atoms with van der Waals surface area (Å²) in [6, 6.07) is 10.8. The molecule has 4 aliphatic rings. The van der Waals surface area contributed by atoms with E-state index in [9.17, 15) is 0 Å². The lowest BCUT2D eigenvalue weighted by Gasteiger charge is -2.63. The minimum absolute atomic E-state index is 0.302. The summed E-state index contributed by atoms with van der Waals surface area (Å²) in [4.78, 5) is 7.31. The third kappa shape index (κ3) is 3.08. The van der Waals surface area contributed by atoms with Crippen molar-refractivity contribution in [1.29, 1.82) is 0 Å². The molecule has 1 N–H and O–H groups in total. The number of fused-ring (bicyclic) bond motifs is 2. The van der Waals surface area contributed by atoms with Gasteiger partial charge in [-0.3, -0.25) is 4.99 Å². The van der Waals surface area contributed by atoms with E-state index in [1.165, 1.54) is 25.7 Å². The van der Waals surface area contributed by atoms with Gasteiger partial charge in [0.05, 0.1) is 6.10 Å². The molecule has 28 heavy (non-hydrogen) atoms. The zero-order valence-corrected chi connectivity index (χ0v) is 17.0. The quantitative estimate of drug-likeness (QED) is 0.639. The second kappa shape index (κ2) is 7.58. The number of nitrogens with zero attached hydrogens (tertiary/aromatic N) is 2. The summed E-state index contributed by atoms with van der Waals surface area (Å²) in [6.45, 7) is 5.92. The van der Waals surface area contributed by atoms with Gasteiger partial charge in [-0.05, 0) is 38.3 Å². The molecule has 2 aliphatic carbocycles. The van der Waals surface area contributed by atoms with Gasteiger partial charge in [0.1, 0.15) is 11.9 Å². The number of rotatable bonds is 4. The second-order valence-corrected chi connectivity index (χ2v) is 8.87. The maximum Gasteiger partial charge on any atom is 0.194 e. The standard InChI is InChI=1S/C23H33N3O2/c1-2-24-22(25-20-19-11-16-27-21(19)23(20)12-6-13-23)26-14-9-18(10-15-26)28-17-7-4-3-5-8-17/h3-5,7-8,18-21H,2,6,9-16H2,1H3,(H,24,25). The molecule has 2 saturated carbocycles. The van der Waals surface area contributed by atoms with Crippen molar-refractivity contribution in [1.82, 2.24) is 10.2 Å². The summed E-state index contributed by atoms with van der Waals surface area (Å²) in [5.74, 6) is 2.78. The van der Waals surface area contributed by atoms with Gasteiger partial charge in [0.2, 0.25) is 0 Å². The van der Waals surface area contributed by atoms with Crippen LogP contribution >= 0.6 is 0 Å². The molecule has 0 aromatic heterocycles. The van der Waals surface area contributed by atoms with Gasteiger partial charge in [0.15, 0.2) is 5.96 Å². The van der Waals surface area contributed by atoms with Crippen molar-refractivity contribution in [3.63, 3.8) is 0 Å². The number of piperidine rings is 1. The zero-order chi connectivity index (χ0) is 19.0. The predicted molar refractivity (Wildman–Crippen MR) is 111 cm³/mol. The van der Waals surface area contributed by atoms with Crippen LogP contribution in [0.15, 0.2) is 35.3 Å². The highest BCUT2D eigenvalue weighted by Gasteiger charge is 2.66. The molecule has 5 rings (SSSR count). The first-order valence-corrected chi connectivity index (χ1v) is 11.2. The Morgan fingerprint density at radius 1 is 1.21 bits per heavy atom. The minimum Gasteiger partial charge on any atom is -0.490 e. The first-order chi connectivity index (χ1) is 13.8. The number of aliphatic imine (C=N–C) groups is 1. The molecule has 0 amide bonds. The van der Waals surface area contributed by atoms with Crippen molar-refractivity contribution in [3.8, 4) is 5.75 Å². The van der Waals surface area contributed by atoms with Gasteiger partial charge in [-0.1, -0.05) is 24.6 Å². The molecule has 0 radical (unpaired) electrons. The van der Waals surface area contributed by atoms with Crippen LogP contribution in [-0.4, -0.2) is 55.4 Å². The van der Waals surface area contributed by atoms with E-state index in [4.69, 9.17) is 14.5 Å². The SMILES string of the molecule is CCN=C(NC1C2CCOC2C12CCC2)N1CCC(Oc2ccccc2)CC1. The van der Waals surface area contributed by atoms with Gasteiger partial charge in [-0.25, -0.2) is 0 Å². The van der Waals surface area contributed by atoms with Crippen LogP contribution in [0.2, 0.25) is 0 Å². The van der Waals surface area contributed by atoms with E-state index in [1.54, 1.807) is 0 Å². The predicted octanol–water partition coefficient (Wildman–Crippen LogP) is 3.45. The molecular formula is C23H33N3O2. The maximum absolute atomic E-state index is 6.17. The Kier molecular flexibility index (Phi) is 4.95. The maximum atomic E-state index is 6.17. The van der Waals surface area contributed by atoms with Crippen molar-refractivity contribution >= 4 is 5.96 Å². The van der Waals surface area contributed by atoms with Crippen molar-refractivity contribution in [2.75, 3.05) is 26.2 Å². The van der Waals surface area contributed by atoms with E-state index in [2.05, 4.69) is 17.1 Å². The smallest absolute Gasteiger partial charge is 0.194 e. The Hall–Kier alpha value is -1.75. The fourth-order valence-electron chi connectivity index (χ4n) is 5.86. The van der Waals surface area contributed by atoms with E-state index in [1.807, 2.05) is 30.3 Å². The number of hydrogen-bond donors (Lipinski definition) is 1. The van der Waals surface area contributed by atoms with E-state index >= 15 is 0 Å². The van der Waals surface area contributed by atoms with Crippen LogP contribution in [0, 0.1) is 11.3 Å². The Bertz CT molecular complexity index is 695. The lowest BCUT2D eigenvalue weighted by molar-refractivity contribution is -0.171. The molecule has 1 aromatic rings. The number of likely N-dealkylation sites (tertiary alicyclic amines) is 1. The van der Waals surface area contributed by atoms with Crippen molar-refractivity contribution in [2.24, 2.45) is 16.3 Å². The third-order valence-corrected chi connectivity index (χ3v) is 7.42. The number of para-hydroxylation sites is 1. The average Bonchev–Trinajstić information content (AvgIpc) is 3.10. The molecule has 5 heteroatoms. The topological polar surface area (TPSA) is 46.1 Å². The van der Waals surface area contributed by atoms with E-state index in [-0.39, 0.29) is 0 Å². The number of nitrogens with one attached hydrogen (secondary N) is 1. The molecule has 0 bridgehead atoms. The molecule has 4 fully saturated rings. The highest BCUT2D eigenvalue weighted by Crippen LogP contribution is 2.62. The fourth-order valence-corrected chi connectivity index (χ4v) is 5.86. The van der Waals surface area contributed by atoms with Crippen LogP contribution in [0.1, 0.15) is 45.4 Å². The van der Waals surface area contributed by atoms with Gasteiger partial charge < -0.3 is 19.7 Å². The van der Waals surface area contributed by atoms with Gasteiger partial charge in [0, 0.05) is 56.5 Å². The summed E-state index contributed by atoms with van der Waals surface area (Å²) >= 11 is 0. The number of benzene rings is 1. The lowest BCUT2D eigenvalue weighted by Crippen LogP contribution is -2.72. The van der Waals surface area contributed by atoms with Gasteiger partial charge in [-0.15, -0.1) is 0 Å². The van der Waals surface area contributed by atoms with E-state index in [0.29, 0.717) is 29.6 Å². The number of guanidine groups is 1. The van der Waals surface area contributed by atoms with Crippen LogP contribution in [-0.2, 0) is 4.74 Å². The number of hydrogen-bond acceptors (Lipinski definition) is 3. The summed E-state index contributed by atoms with van der Waals surface area (Å²) in [5, 5.41) is 3.91. The largest absolute Gasteiger partial charge is 0.490 e. The second-order valence-electron chi connectivity index (χ2n) is 8.87.